The zero-order valence-electron chi connectivity index (χ0n) is 17.4. The summed E-state index contributed by atoms with van der Waals surface area (Å²) in [4.78, 5) is 47.8. The van der Waals surface area contributed by atoms with Gasteiger partial charge in [0.05, 0.1) is 27.0 Å². The lowest BCUT2D eigenvalue weighted by atomic mass is 10.1. The molecule has 0 saturated carbocycles. The van der Waals surface area contributed by atoms with Gasteiger partial charge in [0.1, 0.15) is 12.3 Å². The molecule has 160 valence electrons. The maximum atomic E-state index is 12.8. The Morgan fingerprint density at radius 3 is 2.68 bits per heavy atom. The molecule has 0 bridgehead atoms. The van der Waals surface area contributed by atoms with Gasteiger partial charge in [-0.15, -0.1) is 11.3 Å². The van der Waals surface area contributed by atoms with Crippen molar-refractivity contribution in [1.82, 2.24) is 9.97 Å². The van der Waals surface area contributed by atoms with Crippen LogP contribution >= 0.6 is 22.7 Å². The van der Waals surface area contributed by atoms with Gasteiger partial charge in [-0.05, 0) is 39.0 Å². The Balaban J connectivity index is 1.60. The number of aromatic nitrogens is 2. The third-order valence-electron chi connectivity index (χ3n) is 4.75. The zero-order chi connectivity index (χ0) is 22.3. The molecule has 1 atom stereocenters. The van der Waals surface area contributed by atoms with Crippen molar-refractivity contribution in [2.24, 2.45) is 0 Å². The van der Waals surface area contributed by atoms with Crippen LogP contribution in [0.4, 0.5) is 10.8 Å². The average Bonchev–Trinajstić information content (AvgIpc) is 3.30. The van der Waals surface area contributed by atoms with Crippen molar-refractivity contribution in [2.45, 2.75) is 33.8 Å². The van der Waals surface area contributed by atoms with Crippen molar-refractivity contribution in [3.8, 4) is 17.0 Å². The average molecular weight is 457 g/mol. The number of amides is 2. The molecular formula is C21H20N4O4S2. The third-order valence-corrected chi connectivity index (χ3v) is 6.69. The number of hydrogen-bond donors (Lipinski definition) is 1. The molecule has 2 amide bonds. The SMILES string of the molecule is CC(=O)c1sc(NC(=O)CN2C(=O)C(C)Oc3ccc(-c4csc(C)n4)cc32)nc1C. The van der Waals surface area contributed by atoms with E-state index in [1.54, 1.807) is 19.9 Å². The molecule has 8 nitrogen and oxygen atoms in total. The minimum absolute atomic E-state index is 0.105. The Bertz CT molecular complexity index is 1200. The highest BCUT2D eigenvalue weighted by Gasteiger charge is 2.33. The second-order valence-corrected chi connectivity index (χ2v) is 9.22. The summed E-state index contributed by atoms with van der Waals surface area (Å²) in [5.41, 5.74) is 2.72. The van der Waals surface area contributed by atoms with Crippen LogP contribution in [0.3, 0.4) is 0 Å². The normalized spacial score (nSPS) is 15.4. The fourth-order valence-corrected chi connectivity index (χ4v) is 4.80. The van der Waals surface area contributed by atoms with Gasteiger partial charge in [-0.2, -0.15) is 0 Å². The van der Waals surface area contributed by atoms with Crippen molar-refractivity contribution < 1.29 is 19.1 Å². The second-order valence-electron chi connectivity index (χ2n) is 7.16. The molecule has 2 aromatic heterocycles. The van der Waals surface area contributed by atoms with E-state index >= 15 is 0 Å². The second kappa shape index (κ2) is 8.20. The molecule has 1 aliphatic rings. The van der Waals surface area contributed by atoms with Gasteiger partial charge < -0.3 is 10.1 Å². The lowest BCUT2D eigenvalue weighted by Gasteiger charge is -2.32. The van der Waals surface area contributed by atoms with Crippen LogP contribution in [0.1, 0.15) is 34.2 Å². The monoisotopic (exact) mass is 456 g/mol. The lowest BCUT2D eigenvalue weighted by molar-refractivity contribution is -0.127. The standard InChI is InChI=1S/C21H20N4O4S2/c1-10-19(11(2)26)31-21(22-10)24-18(27)8-25-16-7-14(15-9-30-13(4)23-15)5-6-17(16)29-12(3)20(25)28/h5-7,9,12H,8H2,1-4H3,(H,22,24,27). The van der Waals surface area contributed by atoms with E-state index in [1.165, 1.54) is 23.2 Å². The van der Waals surface area contributed by atoms with Crippen molar-refractivity contribution in [1.29, 1.82) is 0 Å². The Kier molecular flexibility index (Phi) is 5.59. The van der Waals surface area contributed by atoms with Crippen LogP contribution < -0.4 is 15.0 Å². The van der Waals surface area contributed by atoms with Crippen LogP contribution in [0.2, 0.25) is 0 Å². The van der Waals surface area contributed by atoms with Gasteiger partial charge in [-0.3, -0.25) is 19.3 Å². The van der Waals surface area contributed by atoms with Crippen molar-refractivity contribution in [3.63, 3.8) is 0 Å². The van der Waals surface area contributed by atoms with Gasteiger partial charge in [0.15, 0.2) is 17.0 Å². The molecule has 0 spiro atoms. The Hall–Kier alpha value is -3.11. The summed E-state index contributed by atoms with van der Waals surface area (Å²) < 4.78 is 5.73. The number of Topliss-reactive ketones (excluding diaryl/α,β-unsaturated/α-hetero) is 1. The number of nitrogens with one attached hydrogen (secondary N) is 1. The van der Waals surface area contributed by atoms with Crippen LogP contribution in [-0.2, 0) is 9.59 Å². The van der Waals surface area contributed by atoms with E-state index in [9.17, 15) is 14.4 Å². The molecule has 0 saturated heterocycles. The number of hydrogen-bond acceptors (Lipinski definition) is 8. The molecule has 3 heterocycles. The maximum Gasteiger partial charge on any atom is 0.268 e. The van der Waals surface area contributed by atoms with Crippen LogP contribution in [0.15, 0.2) is 23.6 Å². The van der Waals surface area contributed by atoms with Gasteiger partial charge in [0, 0.05) is 17.9 Å². The predicted octanol–water partition coefficient (Wildman–Crippen LogP) is 3.84. The van der Waals surface area contributed by atoms with E-state index in [1.807, 2.05) is 24.4 Å². The third kappa shape index (κ3) is 4.21. The number of anilines is 2. The first-order chi connectivity index (χ1) is 14.7. The molecule has 0 fully saturated rings. The van der Waals surface area contributed by atoms with Crippen molar-refractivity contribution in [3.05, 3.63) is 39.2 Å². The molecule has 4 rings (SSSR count). The molecule has 31 heavy (non-hydrogen) atoms. The first kappa shape index (κ1) is 21.1. The number of thiazole rings is 2. The number of rotatable bonds is 5. The van der Waals surface area contributed by atoms with Gasteiger partial charge in [-0.25, -0.2) is 9.97 Å². The fourth-order valence-electron chi connectivity index (χ4n) is 3.30. The number of ketones is 1. The summed E-state index contributed by atoms with van der Waals surface area (Å²) in [6.07, 6.45) is -0.709. The number of benzene rings is 1. The highest BCUT2D eigenvalue weighted by atomic mass is 32.1. The summed E-state index contributed by atoms with van der Waals surface area (Å²) in [5.74, 6) is -0.299. The molecule has 1 N–H and O–H groups in total. The number of carbonyl (C=O) groups excluding carboxylic acids is 3. The van der Waals surface area contributed by atoms with E-state index in [2.05, 4.69) is 15.3 Å². The number of carbonyl (C=O) groups is 3. The molecule has 10 heteroatoms. The Labute approximate surface area is 186 Å². The molecule has 3 aromatic rings. The minimum Gasteiger partial charge on any atom is -0.479 e. The van der Waals surface area contributed by atoms with E-state index in [4.69, 9.17) is 4.74 Å². The van der Waals surface area contributed by atoms with Gasteiger partial charge in [-0.1, -0.05) is 11.3 Å². The van der Waals surface area contributed by atoms with E-state index in [0.29, 0.717) is 27.1 Å². The number of aryl methyl sites for hydroxylation is 2. The van der Waals surface area contributed by atoms with Crippen LogP contribution in [0, 0.1) is 13.8 Å². The lowest BCUT2D eigenvalue weighted by Crippen LogP contribution is -2.47. The highest BCUT2D eigenvalue weighted by molar-refractivity contribution is 7.17. The fraction of sp³-hybridized carbons (Fsp3) is 0.286. The maximum absolute atomic E-state index is 12.8. The Morgan fingerprint density at radius 2 is 2.03 bits per heavy atom. The van der Waals surface area contributed by atoms with E-state index < -0.39 is 12.0 Å². The predicted molar refractivity (Wildman–Crippen MR) is 120 cm³/mol. The van der Waals surface area contributed by atoms with E-state index in [0.717, 1.165) is 27.6 Å². The molecule has 1 unspecified atom stereocenters. The number of ether oxygens (including phenoxy) is 1. The largest absolute Gasteiger partial charge is 0.479 e. The van der Waals surface area contributed by atoms with Crippen LogP contribution in [0.5, 0.6) is 5.75 Å². The van der Waals surface area contributed by atoms with Gasteiger partial charge in [0.2, 0.25) is 5.91 Å². The molecular weight excluding hydrogens is 436 g/mol. The topological polar surface area (TPSA) is 101 Å². The summed E-state index contributed by atoms with van der Waals surface area (Å²) in [6.45, 7) is 6.55. The smallest absolute Gasteiger partial charge is 0.268 e. The summed E-state index contributed by atoms with van der Waals surface area (Å²) in [6, 6.07) is 5.48. The van der Waals surface area contributed by atoms with Crippen molar-refractivity contribution >= 4 is 51.1 Å². The summed E-state index contributed by atoms with van der Waals surface area (Å²) in [5, 5.41) is 5.90. The minimum atomic E-state index is -0.709. The summed E-state index contributed by atoms with van der Waals surface area (Å²) in [7, 11) is 0. The number of fused-ring (bicyclic) bond motifs is 1. The zero-order valence-corrected chi connectivity index (χ0v) is 19.0. The quantitative estimate of drug-likeness (QED) is 0.586. The summed E-state index contributed by atoms with van der Waals surface area (Å²) >= 11 is 2.66. The van der Waals surface area contributed by atoms with Gasteiger partial charge in [0.25, 0.3) is 5.91 Å². The molecule has 0 aliphatic carbocycles. The first-order valence-electron chi connectivity index (χ1n) is 9.55. The van der Waals surface area contributed by atoms with Gasteiger partial charge >= 0.3 is 0 Å². The molecule has 0 radical (unpaired) electrons. The van der Waals surface area contributed by atoms with E-state index in [-0.39, 0.29) is 18.2 Å². The molecule has 1 aliphatic heterocycles. The number of nitrogens with zero attached hydrogens (tertiary/aromatic N) is 3. The Morgan fingerprint density at radius 1 is 1.26 bits per heavy atom. The first-order valence-corrected chi connectivity index (χ1v) is 11.3. The molecule has 1 aromatic carbocycles. The van der Waals surface area contributed by atoms with Crippen LogP contribution in [-0.4, -0.2) is 40.2 Å². The van der Waals surface area contributed by atoms with Crippen LogP contribution in [0.25, 0.3) is 11.3 Å². The highest BCUT2D eigenvalue weighted by Crippen LogP contribution is 2.37. The van der Waals surface area contributed by atoms with Crippen molar-refractivity contribution in [2.75, 3.05) is 16.8 Å².